The third-order valence-corrected chi connectivity index (χ3v) is 14.2. The fraction of sp³-hybridized carbons (Fsp3) is 0.0172. The molecule has 3 nitrogen and oxygen atoms in total. The van der Waals surface area contributed by atoms with Crippen molar-refractivity contribution in [1.29, 1.82) is 0 Å². The Morgan fingerprint density at radius 2 is 0.758 bits per heavy atom. The van der Waals surface area contributed by atoms with Gasteiger partial charge in [-0.05, 0) is 78.9 Å². The zero-order chi connectivity index (χ0) is 40.8. The average molecular weight is 806 g/mol. The predicted octanol–water partition coefficient (Wildman–Crippen LogP) is 14.9. The Morgan fingerprint density at radius 3 is 1.47 bits per heavy atom. The summed E-state index contributed by atoms with van der Waals surface area (Å²) < 4.78 is 2.60. The lowest BCUT2D eigenvalue weighted by atomic mass is 9.70. The normalized spacial score (nSPS) is 13.0. The Morgan fingerprint density at radius 1 is 0.290 bits per heavy atom. The van der Waals surface area contributed by atoms with Crippen molar-refractivity contribution in [3.63, 3.8) is 0 Å². The topological polar surface area (TPSA) is 38.7 Å². The van der Waals surface area contributed by atoms with Crippen LogP contribution in [0, 0.1) is 0 Å². The molecular formula is C58H35N3S. The Hall–Kier alpha value is -7.79. The lowest BCUT2D eigenvalue weighted by molar-refractivity contribution is 0.794. The largest absolute Gasteiger partial charge is 0.208 e. The van der Waals surface area contributed by atoms with E-state index < -0.39 is 5.41 Å². The molecule has 62 heavy (non-hydrogen) atoms. The molecule has 0 unspecified atom stereocenters. The van der Waals surface area contributed by atoms with Crippen LogP contribution in [-0.4, -0.2) is 15.0 Å². The molecule has 0 saturated carbocycles. The summed E-state index contributed by atoms with van der Waals surface area (Å²) >= 11 is 1.85. The molecular weight excluding hydrogens is 771 g/mol. The van der Waals surface area contributed by atoms with Crippen molar-refractivity contribution in [2.45, 2.75) is 5.41 Å². The summed E-state index contributed by atoms with van der Waals surface area (Å²) in [6.07, 6.45) is 0. The number of fused-ring (bicyclic) bond motifs is 13. The van der Waals surface area contributed by atoms with Crippen molar-refractivity contribution in [1.82, 2.24) is 15.0 Å². The molecule has 0 atom stereocenters. The molecule has 9 aromatic carbocycles. The van der Waals surface area contributed by atoms with Gasteiger partial charge in [0, 0.05) is 36.9 Å². The molecule has 11 aromatic rings. The van der Waals surface area contributed by atoms with E-state index in [9.17, 15) is 0 Å². The number of benzene rings is 9. The molecule has 2 aromatic heterocycles. The van der Waals surface area contributed by atoms with E-state index in [4.69, 9.17) is 15.0 Å². The lowest BCUT2D eigenvalue weighted by Gasteiger charge is -2.30. The summed E-state index contributed by atoms with van der Waals surface area (Å²) in [6, 6.07) is 76.6. The second kappa shape index (κ2) is 13.6. The van der Waals surface area contributed by atoms with E-state index in [2.05, 4.69) is 212 Å². The van der Waals surface area contributed by atoms with Crippen molar-refractivity contribution < 1.29 is 0 Å². The highest BCUT2D eigenvalue weighted by Gasteiger charge is 2.51. The molecule has 0 aliphatic heterocycles. The summed E-state index contributed by atoms with van der Waals surface area (Å²) in [5.41, 5.74) is 17.3. The molecule has 0 N–H and O–H groups in total. The molecule has 0 saturated heterocycles. The van der Waals surface area contributed by atoms with Gasteiger partial charge in [0.15, 0.2) is 17.5 Å². The Kier molecular flexibility index (Phi) is 7.69. The SMILES string of the molecule is c1ccc(-c2ccccc2-c2nc(-c3ccc(-c4cccc5c4sc4ccccc45)cc3)nc(-c3ccc4c(c3)-c3ccccc3C43c4ccccc4-c4ccccc43)n2)cc1. The highest BCUT2D eigenvalue weighted by Crippen LogP contribution is 2.63. The molecule has 0 bridgehead atoms. The minimum absolute atomic E-state index is 0.413. The number of rotatable bonds is 5. The van der Waals surface area contributed by atoms with E-state index in [1.165, 1.54) is 70.2 Å². The minimum atomic E-state index is -0.413. The molecule has 2 aliphatic carbocycles. The van der Waals surface area contributed by atoms with Gasteiger partial charge in [-0.25, -0.2) is 15.0 Å². The van der Waals surface area contributed by atoms with Gasteiger partial charge in [0.2, 0.25) is 0 Å². The fourth-order valence-electron chi connectivity index (χ4n) is 10.3. The first-order valence-corrected chi connectivity index (χ1v) is 21.9. The van der Waals surface area contributed by atoms with Crippen LogP contribution in [0.15, 0.2) is 212 Å². The van der Waals surface area contributed by atoms with E-state index >= 15 is 0 Å². The van der Waals surface area contributed by atoms with Crippen LogP contribution in [0.5, 0.6) is 0 Å². The Balaban J connectivity index is 0.990. The van der Waals surface area contributed by atoms with E-state index in [0.29, 0.717) is 17.5 Å². The summed E-state index contributed by atoms with van der Waals surface area (Å²) in [6.45, 7) is 0. The maximum Gasteiger partial charge on any atom is 0.164 e. The van der Waals surface area contributed by atoms with E-state index in [1.807, 2.05) is 11.3 Å². The number of nitrogens with zero attached hydrogens (tertiary/aromatic N) is 3. The maximum absolute atomic E-state index is 5.33. The molecule has 2 heterocycles. The third-order valence-electron chi connectivity index (χ3n) is 13.0. The molecule has 0 fully saturated rings. The summed E-state index contributed by atoms with van der Waals surface area (Å²) in [7, 11) is 0. The molecule has 0 radical (unpaired) electrons. The average Bonchev–Trinajstić information content (AvgIpc) is 3.98. The lowest BCUT2D eigenvalue weighted by Crippen LogP contribution is -2.25. The zero-order valence-corrected chi connectivity index (χ0v) is 34.3. The smallest absolute Gasteiger partial charge is 0.164 e. The van der Waals surface area contributed by atoms with Crippen molar-refractivity contribution in [2.24, 2.45) is 0 Å². The van der Waals surface area contributed by atoms with Crippen molar-refractivity contribution in [3.05, 3.63) is 235 Å². The molecule has 2 aliphatic rings. The maximum atomic E-state index is 5.33. The van der Waals surface area contributed by atoms with E-state index in [-0.39, 0.29) is 0 Å². The van der Waals surface area contributed by atoms with Crippen LogP contribution in [0.2, 0.25) is 0 Å². The van der Waals surface area contributed by atoms with E-state index in [1.54, 1.807) is 0 Å². The zero-order valence-electron chi connectivity index (χ0n) is 33.5. The van der Waals surface area contributed by atoms with E-state index in [0.717, 1.165) is 33.4 Å². The first-order valence-electron chi connectivity index (χ1n) is 21.1. The fourth-order valence-corrected chi connectivity index (χ4v) is 11.6. The Bertz CT molecular complexity index is 3540. The van der Waals surface area contributed by atoms with Crippen LogP contribution in [0.3, 0.4) is 0 Å². The first kappa shape index (κ1) is 35.0. The van der Waals surface area contributed by atoms with Crippen LogP contribution >= 0.6 is 11.3 Å². The highest BCUT2D eigenvalue weighted by molar-refractivity contribution is 7.26. The van der Waals surface area contributed by atoms with Gasteiger partial charge < -0.3 is 0 Å². The monoisotopic (exact) mass is 805 g/mol. The Labute approximate surface area is 363 Å². The van der Waals surface area contributed by atoms with Crippen molar-refractivity contribution in [3.8, 4) is 78.7 Å². The van der Waals surface area contributed by atoms with Crippen molar-refractivity contribution in [2.75, 3.05) is 0 Å². The summed E-state index contributed by atoms with van der Waals surface area (Å²) in [5.74, 6) is 1.91. The third kappa shape index (κ3) is 5.08. The molecule has 288 valence electrons. The highest BCUT2D eigenvalue weighted by atomic mass is 32.1. The summed E-state index contributed by atoms with van der Waals surface area (Å²) in [5, 5.41) is 2.59. The molecule has 4 heteroatoms. The van der Waals surface area contributed by atoms with Gasteiger partial charge in [-0.3, -0.25) is 0 Å². The second-order valence-electron chi connectivity index (χ2n) is 16.2. The number of aromatic nitrogens is 3. The quantitative estimate of drug-likeness (QED) is 0.174. The van der Waals surface area contributed by atoms with Gasteiger partial charge in [-0.2, -0.15) is 0 Å². The van der Waals surface area contributed by atoms with Gasteiger partial charge >= 0.3 is 0 Å². The molecule has 0 amide bonds. The standard InChI is InChI=1S/C58H35N3S/c1-2-15-36(16-3-1)40-17-4-5-22-47(40)57-60-55(38-31-29-37(30-32-38)41-23-14-24-46-45-21-9-13-28-53(45)62-54(41)46)59-56(61-57)39-33-34-52-48(35-39)44-20-8-12-27-51(44)58(52)49-25-10-6-18-42(49)43-19-7-11-26-50(43)58/h1-35H. The molecule has 1 spiro atoms. The minimum Gasteiger partial charge on any atom is -0.208 e. The number of thiophene rings is 1. The predicted molar refractivity (Wildman–Crippen MR) is 256 cm³/mol. The van der Waals surface area contributed by atoms with Gasteiger partial charge in [0.1, 0.15) is 0 Å². The second-order valence-corrected chi connectivity index (χ2v) is 17.3. The van der Waals surface area contributed by atoms with Crippen LogP contribution in [-0.2, 0) is 5.41 Å². The van der Waals surface area contributed by atoms with Crippen molar-refractivity contribution >= 4 is 31.5 Å². The number of hydrogen-bond acceptors (Lipinski definition) is 4. The van der Waals surface area contributed by atoms with Crippen LogP contribution < -0.4 is 0 Å². The van der Waals surface area contributed by atoms with Gasteiger partial charge in [-0.15, -0.1) is 11.3 Å². The summed E-state index contributed by atoms with van der Waals surface area (Å²) in [4.78, 5) is 15.9. The van der Waals surface area contributed by atoms with Crippen LogP contribution in [0.25, 0.3) is 98.8 Å². The van der Waals surface area contributed by atoms with Gasteiger partial charge in [0.25, 0.3) is 0 Å². The van der Waals surface area contributed by atoms with Crippen LogP contribution in [0.4, 0.5) is 0 Å². The first-order chi connectivity index (χ1) is 30.7. The van der Waals surface area contributed by atoms with Crippen LogP contribution in [0.1, 0.15) is 22.3 Å². The molecule has 13 rings (SSSR count). The number of hydrogen-bond donors (Lipinski definition) is 0. The van der Waals surface area contributed by atoms with Gasteiger partial charge in [-0.1, -0.05) is 200 Å². The van der Waals surface area contributed by atoms with Gasteiger partial charge in [0.05, 0.1) is 5.41 Å².